The van der Waals surface area contributed by atoms with Crippen LogP contribution >= 0.6 is 0 Å². The molecule has 2 aromatic rings. The molecule has 0 unspecified atom stereocenters. The molecule has 0 atom stereocenters. The van der Waals surface area contributed by atoms with Gasteiger partial charge >= 0.3 is 0 Å². The van der Waals surface area contributed by atoms with Crippen LogP contribution in [-0.2, 0) is 11.3 Å². The summed E-state index contributed by atoms with van der Waals surface area (Å²) in [6.07, 6.45) is 1.65. The predicted octanol–water partition coefficient (Wildman–Crippen LogP) is 0.992. The van der Waals surface area contributed by atoms with Crippen LogP contribution in [0.4, 0.5) is 0 Å². The van der Waals surface area contributed by atoms with Crippen LogP contribution in [0.5, 0.6) is 0 Å². The number of rotatable bonds is 7. The number of nitrogens with zero attached hydrogens (tertiary/aromatic N) is 1. The summed E-state index contributed by atoms with van der Waals surface area (Å²) in [6.45, 7) is 4.53. The van der Waals surface area contributed by atoms with Gasteiger partial charge in [-0.3, -0.25) is 14.4 Å². The standard InChI is InChI=1S/C17H21N3O4/c1-12(2)16(22)18-8-9-19-17(23)14-7-6-13(24-14)11-20-10-4-3-5-15(20)21/h3-7,10,12H,8-9,11H2,1-2H3,(H,18,22)(H,19,23). The van der Waals surface area contributed by atoms with Gasteiger partial charge in [0.15, 0.2) is 5.76 Å². The fraction of sp³-hybridized carbons (Fsp3) is 0.353. The number of hydrogen-bond donors (Lipinski definition) is 2. The minimum absolute atomic E-state index is 0.0576. The van der Waals surface area contributed by atoms with Gasteiger partial charge in [0.2, 0.25) is 5.91 Å². The zero-order valence-electron chi connectivity index (χ0n) is 13.7. The van der Waals surface area contributed by atoms with Crippen LogP contribution in [0.15, 0.2) is 45.7 Å². The van der Waals surface area contributed by atoms with E-state index in [1.807, 2.05) is 0 Å². The van der Waals surface area contributed by atoms with E-state index in [-0.39, 0.29) is 35.6 Å². The van der Waals surface area contributed by atoms with Crippen LogP contribution in [0.2, 0.25) is 0 Å². The molecule has 0 saturated heterocycles. The van der Waals surface area contributed by atoms with Gasteiger partial charge in [0, 0.05) is 31.3 Å². The Morgan fingerprint density at radius 3 is 2.58 bits per heavy atom. The molecule has 7 nitrogen and oxygen atoms in total. The topological polar surface area (TPSA) is 93.3 Å². The zero-order valence-corrected chi connectivity index (χ0v) is 13.7. The molecule has 0 aliphatic rings. The Kier molecular flexibility index (Phi) is 5.95. The van der Waals surface area contributed by atoms with Crippen LogP contribution in [-0.4, -0.2) is 29.5 Å². The lowest BCUT2D eigenvalue weighted by Gasteiger charge is -2.08. The summed E-state index contributed by atoms with van der Waals surface area (Å²) in [5, 5.41) is 5.38. The lowest BCUT2D eigenvalue weighted by atomic mass is 10.2. The van der Waals surface area contributed by atoms with Gasteiger partial charge < -0.3 is 19.6 Å². The summed E-state index contributed by atoms with van der Waals surface area (Å²) in [5.74, 6) is 0.179. The Labute approximate surface area is 139 Å². The van der Waals surface area contributed by atoms with Crippen LogP contribution in [0, 0.1) is 5.92 Å². The van der Waals surface area contributed by atoms with Gasteiger partial charge in [-0.2, -0.15) is 0 Å². The molecule has 2 amide bonds. The maximum absolute atomic E-state index is 12.0. The molecule has 128 valence electrons. The maximum Gasteiger partial charge on any atom is 0.287 e. The summed E-state index contributed by atoms with van der Waals surface area (Å²) in [6, 6.07) is 8.10. The van der Waals surface area contributed by atoms with Crippen molar-refractivity contribution in [3.63, 3.8) is 0 Å². The Balaban J connectivity index is 1.84. The Hall–Kier alpha value is -2.83. The van der Waals surface area contributed by atoms with E-state index in [0.29, 0.717) is 18.8 Å². The van der Waals surface area contributed by atoms with E-state index in [2.05, 4.69) is 10.6 Å². The second-order valence-electron chi connectivity index (χ2n) is 5.63. The van der Waals surface area contributed by atoms with E-state index in [0.717, 1.165) is 0 Å². The maximum atomic E-state index is 12.0. The summed E-state index contributed by atoms with van der Waals surface area (Å²) in [5.41, 5.74) is -0.138. The van der Waals surface area contributed by atoms with Crippen molar-refractivity contribution in [1.82, 2.24) is 15.2 Å². The predicted molar refractivity (Wildman–Crippen MR) is 88.7 cm³/mol. The Morgan fingerprint density at radius 1 is 1.12 bits per heavy atom. The first-order chi connectivity index (χ1) is 11.5. The lowest BCUT2D eigenvalue weighted by Crippen LogP contribution is -2.36. The third kappa shape index (κ3) is 4.84. The molecule has 2 rings (SSSR count). The number of furan rings is 1. The quantitative estimate of drug-likeness (QED) is 0.740. The summed E-state index contributed by atoms with van der Waals surface area (Å²) >= 11 is 0. The first-order valence-electron chi connectivity index (χ1n) is 7.77. The molecule has 2 aromatic heterocycles. The van der Waals surface area contributed by atoms with E-state index >= 15 is 0 Å². The van der Waals surface area contributed by atoms with E-state index in [1.54, 1.807) is 44.3 Å². The van der Waals surface area contributed by atoms with Crippen molar-refractivity contribution >= 4 is 11.8 Å². The van der Waals surface area contributed by atoms with Gasteiger partial charge in [0.1, 0.15) is 5.76 Å². The van der Waals surface area contributed by atoms with Crippen LogP contribution in [0.3, 0.4) is 0 Å². The molecule has 0 aliphatic heterocycles. The zero-order chi connectivity index (χ0) is 17.5. The van der Waals surface area contributed by atoms with Crippen molar-refractivity contribution in [2.24, 2.45) is 5.92 Å². The third-order valence-corrected chi connectivity index (χ3v) is 3.34. The molecule has 0 spiro atoms. The van der Waals surface area contributed by atoms with E-state index < -0.39 is 0 Å². The molecular weight excluding hydrogens is 310 g/mol. The van der Waals surface area contributed by atoms with Crippen molar-refractivity contribution < 1.29 is 14.0 Å². The van der Waals surface area contributed by atoms with E-state index in [4.69, 9.17) is 4.42 Å². The molecule has 0 fully saturated rings. The molecule has 2 heterocycles. The highest BCUT2D eigenvalue weighted by Crippen LogP contribution is 2.08. The van der Waals surface area contributed by atoms with Gasteiger partial charge in [0.05, 0.1) is 6.54 Å². The number of pyridine rings is 1. The van der Waals surface area contributed by atoms with E-state index in [9.17, 15) is 14.4 Å². The lowest BCUT2D eigenvalue weighted by molar-refractivity contribution is -0.123. The Bertz CT molecular complexity index is 761. The van der Waals surface area contributed by atoms with E-state index in [1.165, 1.54) is 10.6 Å². The highest BCUT2D eigenvalue weighted by molar-refractivity contribution is 5.91. The van der Waals surface area contributed by atoms with Gasteiger partial charge in [0.25, 0.3) is 11.5 Å². The average molecular weight is 331 g/mol. The molecule has 24 heavy (non-hydrogen) atoms. The molecule has 0 radical (unpaired) electrons. The van der Waals surface area contributed by atoms with Crippen molar-refractivity contribution in [3.8, 4) is 0 Å². The molecule has 0 bridgehead atoms. The van der Waals surface area contributed by atoms with Gasteiger partial charge in [-0.1, -0.05) is 19.9 Å². The van der Waals surface area contributed by atoms with Crippen molar-refractivity contribution in [3.05, 3.63) is 58.4 Å². The Morgan fingerprint density at radius 2 is 1.88 bits per heavy atom. The SMILES string of the molecule is CC(C)C(=O)NCCNC(=O)c1ccc(Cn2ccccc2=O)o1. The molecular formula is C17H21N3O4. The fourth-order valence-electron chi connectivity index (χ4n) is 2.00. The second kappa shape index (κ2) is 8.14. The first kappa shape index (κ1) is 17.5. The fourth-order valence-corrected chi connectivity index (χ4v) is 2.00. The van der Waals surface area contributed by atoms with Crippen LogP contribution in [0.1, 0.15) is 30.2 Å². The number of hydrogen-bond acceptors (Lipinski definition) is 4. The monoisotopic (exact) mass is 331 g/mol. The summed E-state index contributed by atoms with van der Waals surface area (Å²) in [4.78, 5) is 35.0. The molecule has 0 aromatic carbocycles. The van der Waals surface area contributed by atoms with Crippen molar-refractivity contribution in [2.75, 3.05) is 13.1 Å². The summed E-state index contributed by atoms with van der Waals surface area (Å²) < 4.78 is 6.95. The van der Waals surface area contributed by atoms with Gasteiger partial charge in [-0.25, -0.2) is 0 Å². The minimum atomic E-state index is -0.361. The number of carbonyl (C=O) groups is 2. The van der Waals surface area contributed by atoms with Crippen molar-refractivity contribution in [2.45, 2.75) is 20.4 Å². The number of nitrogens with one attached hydrogen (secondary N) is 2. The molecule has 7 heteroatoms. The number of carbonyl (C=O) groups excluding carboxylic acids is 2. The molecule has 0 aliphatic carbocycles. The smallest absolute Gasteiger partial charge is 0.287 e. The highest BCUT2D eigenvalue weighted by atomic mass is 16.4. The summed E-state index contributed by atoms with van der Waals surface area (Å²) in [7, 11) is 0. The highest BCUT2D eigenvalue weighted by Gasteiger charge is 2.12. The first-order valence-corrected chi connectivity index (χ1v) is 7.77. The van der Waals surface area contributed by atoms with Gasteiger partial charge in [-0.05, 0) is 18.2 Å². The minimum Gasteiger partial charge on any atom is -0.454 e. The van der Waals surface area contributed by atoms with Gasteiger partial charge in [-0.15, -0.1) is 0 Å². The second-order valence-corrected chi connectivity index (χ2v) is 5.63. The normalized spacial score (nSPS) is 10.6. The molecule has 2 N–H and O–H groups in total. The van der Waals surface area contributed by atoms with Crippen molar-refractivity contribution in [1.29, 1.82) is 0 Å². The van der Waals surface area contributed by atoms with Crippen LogP contribution in [0.25, 0.3) is 0 Å². The van der Waals surface area contributed by atoms with Crippen LogP contribution < -0.4 is 16.2 Å². The largest absolute Gasteiger partial charge is 0.454 e. The number of amides is 2. The average Bonchev–Trinajstić information content (AvgIpc) is 3.02. The third-order valence-electron chi connectivity index (χ3n) is 3.34. The number of aromatic nitrogens is 1. The molecule has 0 saturated carbocycles.